The lowest BCUT2D eigenvalue weighted by molar-refractivity contribution is 0.0605. The minimum atomic E-state index is 0.526. The number of rotatable bonds is 7. The first-order valence-corrected chi connectivity index (χ1v) is 8.22. The van der Waals surface area contributed by atoms with Gasteiger partial charge in [-0.3, -0.25) is 0 Å². The van der Waals surface area contributed by atoms with Crippen molar-refractivity contribution < 1.29 is 4.74 Å². The molecule has 1 fully saturated rings. The van der Waals surface area contributed by atoms with Crippen molar-refractivity contribution in [3.8, 4) is 0 Å². The lowest BCUT2D eigenvalue weighted by Crippen LogP contribution is -2.35. The van der Waals surface area contributed by atoms with Crippen LogP contribution in [0.2, 0.25) is 5.02 Å². The molecular weight excluding hydrogens is 270 g/mol. The van der Waals surface area contributed by atoms with Crippen molar-refractivity contribution in [1.29, 1.82) is 0 Å². The van der Waals surface area contributed by atoms with E-state index < -0.39 is 0 Å². The molecule has 1 aromatic carbocycles. The smallest absolute Gasteiger partial charge is 0.0468 e. The standard InChI is InChI=1S/C17H26ClNO/c1-2-9-19-16(12-14-7-10-20-11-8-14)13-15-5-3-4-6-17(15)18/h3-6,14,16,19H,2,7-13H2,1H3. The second-order valence-electron chi connectivity index (χ2n) is 5.74. The van der Waals surface area contributed by atoms with Crippen molar-refractivity contribution in [3.63, 3.8) is 0 Å². The predicted molar refractivity (Wildman–Crippen MR) is 85.4 cm³/mol. The highest BCUT2D eigenvalue weighted by Gasteiger charge is 2.19. The molecule has 0 bridgehead atoms. The summed E-state index contributed by atoms with van der Waals surface area (Å²) < 4.78 is 5.46. The van der Waals surface area contributed by atoms with E-state index in [2.05, 4.69) is 24.4 Å². The van der Waals surface area contributed by atoms with E-state index in [0.29, 0.717) is 6.04 Å². The lowest BCUT2D eigenvalue weighted by Gasteiger charge is -2.27. The summed E-state index contributed by atoms with van der Waals surface area (Å²) in [5.74, 6) is 0.792. The van der Waals surface area contributed by atoms with E-state index in [1.807, 2.05) is 12.1 Å². The van der Waals surface area contributed by atoms with Gasteiger partial charge in [0.05, 0.1) is 0 Å². The molecule has 2 rings (SSSR count). The van der Waals surface area contributed by atoms with Crippen molar-refractivity contribution in [3.05, 3.63) is 34.9 Å². The van der Waals surface area contributed by atoms with Gasteiger partial charge in [-0.15, -0.1) is 0 Å². The summed E-state index contributed by atoms with van der Waals surface area (Å²) in [4.78, 5) is 0. The maximum Gasteiger partial charge on any atom is 0.0468 e. The van der Waals surface area contributed by atoms with Crippen molar-refractivity contribution >= 4 is 11.6 Å². The van der Waals surface area contributed by atoms with Crippen molar-refractivity contribution in [2.75, 3.05) is 19.8 Å². The maximum atomic E-state index is 6.30. The summed E-state index contributed by atoms with van der Waals surface area (Å²) in [7, 11) is 0. The first-order chi connectivity index (χ1) is 9.79. The van der Waals surface area contributed by atoms with Gasteiger partial charge in [0.25, 0.3) is 0 Å². The molecule has 112 valence electrons. The van der Waals surface area contributed by atoms with E-state index in [-0.39, 0.29) is 0 Å². The number of hydrogen-bond donors (Lipinski definition) is 1. The van der Waals surface area contributed by atoms with Gasteiger partial charge in [-0.25, -0.2) is 0 Å². The molecule has 1 aliphatic heterocycles. The topological polar surface area (TPSA) is 21.3 Å². The van der Waals surface area contributed by atoms with E-state index in [4.69, 9.17) is 16.3 Å². The third-order valence-corrected chi connectivity index (χ3v) is 4.43. The molecule has 1 aromatic rings. The highest BCUT2D eigenvalue weighted by Crippen LogP contribution is 2.23. The van der Waals surface area contributed by atoms with Gasteiger partial charge in [0.1, 0.15) is 0 Å². The zero-order valence-electron chi connectivity index (χ0n) is 12.4. The van der Waals surface area contributed by atoms with Gasteiger partial charge >= 0.3 is 0 Å². The maximum absolute atomic E-state index is 6.30. The third kappa shape index (κ3) is 5.08. The fourth-order valence-electron chi connectivity index (χ4n) is 2.90. The molecule has 20 heavy (non-hydrogen) atoms. The zero-order valence-corrected chi connectivity index (χ0v) is 13.2. The summed E-state index contributed by atoms with van der Waals surface area (Å²) in [6.07, 6.45) is 5.83. The monoisotopic (exact) mass is 295 g/mol. The molecule has 1 aliphatic rings. The van der Waals surface area contributed by atoms with E-state index in [9.17, 15) is 0 Å². The van der Waals surface area contributed by atoms with Crippen molar-refractivity contribution in [1.82, 2.24) is 5.32 Å². The summed E-state index contributed by atoms with van der Waals surface area (Å²) in [6, 6.07) is 8.73. The van der Waals surface area contributed by atoms with Gasteiger partial charge in [0.15, 0.2) is 0 Å². The third-order valence-electron chi connectivity index (χ3n) is 4.07. The SMILES string of the molecule is CCCNC(Cc1ccccc1Cl)CC1CCOCC1. The average Bonchev–Trinajstić information content (AvgIpc) is 2.48. The van der Waals surface area contributed by atoms with E-state index >= 15 is 0 Å². The lowest BCUT2D eigenvalue weighted by atomic mass is 9.89. The van der Waals surface area contributed by atoms with Gasteiger partial charge in [-0.05, 0) is 56.2 Å². The number of benzene rings is 1. The predicted octanol–water partition coefficient (Wildman–Crippen LogP) is 4.07. The Kier molecular flexibility index (Phi) is 6.85. The summed E-state index contributed by atoms with van der Waals surface area (Å²) in [5, 5.41) is 4.58. The molecule has 2 nitrogen and oxygen atoms in total. The summed E-state index contributed by atoms with van der Waals surface area (Å²) in [6.45, 7) is 5.15. The van der Waals surface area contributed by atoms with Crippen LogP contribution in [0.25, 0.3) is 0 Å². The molecule has 0 aromatic heterocycles. The molecule has 3 heteroatoms. The number of hydrogen-bond acceptors (Lipinski definition) is 2. The minimum Gasteiger partial charge on any atom is -0.381 e. The molecule has 0 amide bonds. The van der Waals surface area contributed by atoms with Crippen molar-refractivity contribution in [2.45, 2.75) is 45.1 Å². The van der Waals surface area contributed by atoms with Crippen LogP contribution in [0, 0.1) is 5.92 Å². The van der Waals surface area contributed by atoms with E-state index in [1.165, 1.54) is 31.2 Å². The highest BCUT2D eigenvalue weighted by atomic mass is 35.5. The Hall–Kier alpha value is -0.570. The first-order valence-electron chi connectivity index (χ1n) is 7.84. The van der Waals surface area contributed by atoms with Gasteiger partial charge in [0, 0.05) is 24.3 Å². The van der Waals surface area contributed by atoms with Crippen LogP contribution < -0.4 is 5.32 Å². The fourth-order valence-corrected chi connectivity index (χ4v) is 3.11. The minimum absolute atomic E-state index is 0.526. The summed E-state index contributed by atoms with van der Waals surface area (Å²) in [5.41, 5.74) is 1.26. The molecular formula is C17H26ClNO. The van der Waals surface area contributed by atoms with Crippen LogP contribution in [0.4, 0.5) is 0 Å². The Morgan fingerprint density at radius 2 is 2.05 bits per heavy atom. The molecule has 1 atom stereocenters. The quantitative estimate of drug-likeness (QED) is 0.819. The summed E-state index contributed by atoms with van der Waals surface area (Å²) >= 11 is 6.30. The largest absolute Gasteiger partial charge is 0.381 e. The van der Waals surface area contributed by atoms with Gasteiger partial charge in [0.2, 0.25) is 0 Å². The molecule has 0 radical (unpaired) electrons. The molecule has 1 unspecified atom stereocenters. The Balaban J connectivity index is 1.93. The molecule has 0 aliphatic carbocycles. The fraction of sp³-hybridized carbons (Fsp3) is 0.647. The number of ether oxygens (including phenoxy) is 1. The normalized spacial score (nSPS) is 18.1. The molecule has 0 saturated carbocycles. The first kappa shape index (κ1) is 15.8. The number of halogens is 1. The van der Waals surface area contributed by atoms with Gasteiger partial charge in [-0.1, -0.05) is 36.7 Å². The molecule has 1 heterocycles. The van der Waals surface area contributed by atoms with E-state index in [1.54, 1.807) is 0 Å². The van der Waals surface area contributed by atoms with Crippen LogP contribution in [0.1, 0.15) is 38.2 Å². The highest BCUT2D eigenvalue weighted by molar-refractivity contribution is 6.31. The van der Waals surface area contributed by atoms with E-state index in [0.717, 1.165) is 37.1 Å². The van der Waals surface area contributed by atoms with Crippen molar-refractivity contribution in [2.24, 2.45) is 5.92 Å². The molecule has 0 spiro atoms. The zero-order chi connectivity index (χ0) is 14.2. The average molecular weight is 296 g/mol. The molecule has 1 N–H and O–H groups in total. The second-order valence-corrected chi connectivity index (χ2v) is 6.15. The van der Waals surface area contributed by atoms with Gasteiger partial charge < -0.3 is 10.1 Å². The Bertz CT molecular complexity index is 390. The van der Waals surface area contributed by atoms with Crippen LogP contribution >= 0.6 is 11.6 Å². The number of nitrogens with one attached hydrogen (secondary N) is 1. The van der Waals surface area contributed by atoms with Crippen LogP contribution in [0.3, 0.4) is 0 Å². The second kappa shape index (κ2) is 8.66. The Morgan fingerprint density at radius 1 is 1.30 bits per heavy atom. The Morgan fingerprint density at radius 3 is 2.75 bits per heavy atom. The Labute approximate surface area is 127 Å². The van der Waals surface area contributed by atoms with Crippen LogP contribution in [-0.2, 0) is 11.2 Å². The van der Waals surface area contributed by atoms with Crippen LogP contribution in [0.5, 0.6) is 0 Å². The van der Waals surface area contributed by atoms with Gasteiger partial charge in [-0.2, -0.15) is 0 Å². The molecule has 1 saturated heterocycles. The van der Waals surface area contributed by atoms with Crippen LogP contribution in [0.15, 0.2) is 24.3 Å². The van der Waals surface area contributed by atoms with Crippen LogP contribution in [-0.4, -0.2) is 25.8 Å².